The van der Waals surface area contributed by atoms with E-state index >= 15 is 0 Å². The van der Waals surface area contributed by atoms with Crippen molar-refractivity contribution in [3.05, 3.63) is 0 Å². The highest BCUT2D eigenvalue weighted by Crippen LogP contribution is 2.25. The fraction of sp³-hybridized carbons (Fsp3) is 0.750. The van der Waals surface area contributed by atoms with Gasteiger partial charge in [0, 0.05) is 26.1 Å². The van der Waals surface area contributed by atoms with Gasteiger partial charge in [0.1, 0.15) is 0 Å². The third-order valence-electron chi connectivity index (χ3n) is 2.16. The van der Waals surface area contributed by atoms with Crippen LogP contribution in [-0.2, 0) is 9.59 Å². The first-order chi connectivity index (χ1) is 7.35. The van der Waals surface area contributed by atoms with E-state index in [1.807, 2.05) is 0 Å². The van der Waals surface area contributed by atoms with Gasteiger partial charge >= 0.3 is 12.3 Å². The normalized spacial score (nSPS) is 18.3. The first-order valence-corrected chi connectivity index (χ1v) is 4.57. The molecule has 1 N–H and O–H groups in total. The summed E-state index contributed by atoms with van der Waals surface area (Å²) in [5.41, 5.74) is 0. The number of hydrogen-bond acceptors (Lipinski definition) is 2. The molecule has 1 aliphatic rings. The van der Waals surface area contributed by atoms with Crippen molar-refractivity contribution in [2.45, 2.75) is 18.8 Å². The number of rotatable bonds is 2. The van der Waals surface area contributed by atoms with E-state index in [1.165, 1.54) is 0 Å². The molecule has 2 amide bonds. The molecule has 8 heteroatoms. The molecule has 0 bridgehead atoms. The van der Waals surface area contributed by atoms with Crippen LogP contribution in [0.4, 0.5) is 17.6 Å². The number of alkyl halides is 4. The van der Waals surface area contributed by atoms with Gasteiger partial charge in [0.15, 0.2) is 0 Å². The monoisotopic (exact) mass is 242 g/mol. The summed E-state index contributed by atoms with van der Waals surface area (Å²) in [5.74, 6) is -7.01. The van der Waals surface area contributed by atoms with E-state index in [2.05, 4.69) is 5.32 Å². The van der Waals surface area contributed by atoms with Crippen molar-refractivity contribution in [2.75, 3.05) is 19.6 Å². The Balaban J connectivity index is 2.70. The smallest absolute Gasteiger partial charge is 0.354 e. The molecular formula is C8H10F4N2O2. The van der Waals surface area contributed by atoms with Crippen LogP contribution in [0.25, 0.3) is 0 Å². The van der Waals surface area contributed by atoms with Crippen LogP contribution in [0.2, 0.25) is 0 Å². The Labute approximate surface area is 88.6 Å². The fourth-order valence-corrected chi connectivity index (χ4v) is 1.27. The maximum Gasteiger partial charge on any atom is 0.383 e. The number of nitrogens with zero attached hydrogens (tertiary/aromatic N) is 1. The van der Waals surface area contributed by atoms with Gasteiger partial charge in [0.05, 0.1) is 0 Å². The fourth-order valence-electron chi connectivity index (χ4n) is 1.27. The minimum absolute atomic E-state index is 0.0100. The largest absolute Gasteiger partial charge is 0.383 e. The van der Waals surface area contributed by atoms with Gasteiger partial charge in [-0.15, -0.1) is 0 Å². The lowest BCUT2D eigenvalue weighted by atomic mass is 10.2. The lowest BCUT2D eigenvalue weighted by Gasteiger charge is -2.24. The molecule has 1 heterocycles. The van der Waals surface area contributed by atoms with Crippen molar-refractivity contribution in [3.63, 3.8) is 0 Å². The average Bonchev–Trinajstić information content (AvgIpc) is 2.41. The lowest BCUT2D eigenvalue weighted by molar-refractivity contribution is -0.180. The Bertz CT molecular complexity index is 296. The van der Waals surface area contributed by atoms with E-state index in [0.717, 1.165) is 0 Å². The van der Waals surface area contributed by atoms with Crippen LogP contribution in [0.5, 0.6) is 0 Å². The summed E-state index contributed by atoms with van der Waals surface area (Å²) >= 11 is 0. The molecule has 0 spiro atoms. The zero-order valence-electron chi connectivity index (χ0n) is 8.18. The molecule has 0 aromatic heterocycles. The summed E-state index contributed by atoms with van der Waals surface area (Å²) < 4.78 is 49.2. The SMILES string of the molecule is O=C1CCN(C(=O)C(F)(F)C(F)F)CCN1. The highest BCUT2D eigenvalue weighted by atomic mass is 19.3. The molecule has 0 aromatic carbocycles. The predicted octanol–water partition coefficient (Wildman–Crippen LogP) is 0.235. The van der Waals surface area contributed by atoms with E-state index < -0.39 is 24.2 Å². The Morgan fingerprint density at radius 3 is 2.56 bits per heavy atom. The topological polar surface area (TPSA) is 49.4 Å². The number of carbonyl (C=O) groups is 2. The first-order valence-electron chi connectivity index (χ1n) is 4.57. The van der Waals surface area contributed by atoms with Crippen molar-refractivity contribution >= 4 is 11.8 Å². The quantitative estimate of drug-likeness (QED) is 0.705. The Kier molecular flexibility index (Phi) is 3.71. The van der Waals surface area contributed by atoms with Crippen molar-refractivity contribution < 1.29 is 27.2 Å². The number of hydrogen-bond donors (Lipinski definition) is 1. The van der Waals surface area contributed by atoms with Crippen molar-refractivity contribution in [1.82, 2.24) is 10.2 Å². The van der Waals surface area contributed by atoms with Crippen LogP contribution in [0.3, 0.4) is 0 Å². The van der Waals surface area contributed by atoms with Gasteiger partial charge in [0.2, 0.25) is 5.91 Å². The second-order valence-corrected chi connectivity index (χ2v) is 3.32. The van der Waals surface area contributed by atoms with Gasteiger partial charge in [-0.2, -0.15) is 8.78 Å². The van der Waals surface area contributed by atoms with Crippen molar-refractivity contribution in [3.8, 4) is 0 Å². The van der Waals surface area contributed by atoms with E-state index in [1.54, 1.807) is 0 Å². The van der Waals surface area contributed by atoms with Crippen LogP contribution >= 0.6 is 0 Å². The second-order valence-electron chi connectivity index (χ2n) is 3.32. The molecular weight excluding hydrogens is 232 g/mol. The highest BCUT2D eigenvalue weighted by molar-refractivity contribution is 5.85. The van der Waals surface area contributed by atoms with Crippen LogP contribution in [0.15, 0.2) is 0 Å². The molecule has 16 heavy (non-hydrogen) atoms. The Morgan fingerprint density at radius 2 is 2.00 bits per heavy atom. The standard InChI is InChI=1S/C8H10F4N2O2/c9-6(10)8(11,12)7(16)14-3-1-5(15)13-2-4-14/h6H,1-4H2,(H,13,15). The molecule has 0 saturated carbocycles. The first kappa shape index (κ1) is 12.7. The van der Waals surface area contributed by atoms with Crippen LogP contribution in [-0.4, -0.2) is 48.7 Å². The van der Waals surface area contributed by atoms with Gasteiger partial charge in [0.25, 0.3) is 5.91 Å². The molecule has 0 unspecified atom stereocenters. The van der Waals surface area contributed by atoms with E-state index in [9.17, 15) is 27.2 Å². The molecule has 0 aliphatic carbocycles. The number of nitrogens with one attached hydrogen (secondary N) is 1. The summed E-state index contributed by atoms with van der Waals surface area (Å²) in [4.78, 5) is 22.5. The molecule has 0 radical (unpaired) electrons. The van der Waals surface area contributed by atoms with Gasteiger partial charge < -0.3 is 10.2 Å². The molecule has 92 valence electrons. The second kappa shape index (κ2) is 4.67. The van der Waals surface area contributed by atoms with Gasteiger partial charge in [-0.3, -0.25) is 9.59 Å². The van der Waals surface area contributed by atoms with Gasteiger partial charge in [-0.25, -0.2) is 8.78 Å². The third-order valence-corrected chi connectivity index (χ3v) is 2.16. The van der Waals surface area contributed by atoms with Crippen molar-refractivity contribution in [1.29, 1.82) is 0 Å². The van der Waals surface area contributed by atoms with E-state index in [-0.39, 0.29) is 26.1 Å². The third kappa shape index (κ3) is 2.61. The molecule has 1 aliphatic heterocycles. The molecule has 0 atom stereocenters. The maximum absolute atomic E-state index is 12.7. The molecule has 1 saturated heterocycles. The summed E-state index contributed by atoms with van der Waals surface area (Å²) in [6.45, 7) is -0.469. The minimum Gasteiger partial charge on any atom is -0.354 e. The zero-order valence-corrected chi connectivity index (χ0v) is 8.18. The number of amides is 2. The Hall–Kier alpha value is -1.34. The number of halogens is 4. The van der Waals surface area contributed by atoms with Crippen LogP contribution in [0, 0.1) is 0 Å². The Morgan fingerprint density at radius 1 is 1.38 bits per heavy atom. The van der Waals surface area contributed by atoms with Gasteiger partial charge in [-0.05, 0) is 0 Å². The van der Waals surface area contributed by atoms with Crippen LogP contribution in [0.1, 0.15) is 6.42 Å². The molecule has 4 nitrogen and oxygen atoms in total. The zero-order chi connectivity index (χ0) is 12.3. The average molecular weight is 242 g/mol. The highest BCUT2D eigenvalue weighted by Gasteiger charge is 2.51. The summed E-state index contributed by atoms with van der Waals surface area (Å²) in [6, 6.07) is 0. The molecule has 0 aromatic rings. The van der Waals surface area contributed by atoms with E-state index in [0.29, 0.717) is 4.90 Å². The maximum atomic E-state index is 12.7. The lowest BCUT2D eigenvalue weighted by Crippen LogP contribution is -2.48. The van der Waals surface area contributed by atoms with Gasteiger partial charge in [-0.1, -0.05) is 0 Å². The predicted molar refractivity (Wildman–Crippen MR) is 45.2 cm³/mol. The summed E-state index contributed by atoms with van der Waals surface area (Å²) in [6.07, 6.45) is -4.20. The molecule has 1 fully saturated rings. The van der Waals surface area contributed by atoms with Crippen molar-refractivity contribution in [2.24, 2.45) is 0 Å². The number of carbonyl (C=O) groups excluding carboxylic acids is 2. The minimum atomic E-state index is -4.69. The van der Waals surface area contributed by atoms with E-state index in [4.69, 9.17) is 0 Å². The summed E-state index contributed by atoms with van der Waals surface area (Å²) in [7, 11) is 0. The molecule has 1 rings (SSSR count). The van der Waals surface area contributed by atoms with Crippen LogP contribution < -0.4 is 5.32 Å². The summed E-state index contributed by atoms with van der Waals surface area (Å²) in [5, 5.41) is 2.34.